The molecule has 1 rings (SSSR count). The highest BCUT2D eigenvalue weighted by molar-refractivity contribution is 9.09. The number of amides is 1. The minimum absolute atomic E-state index is 0.0172. The summed E-state index contributed by atoms with van der Waals surface area (Å²) in [6.07, 6.45) is 1.05. The molecule has 0 bridgehead atoms. The lowest BCUT2D eigenvalue weighted by Gasteiger charge is -2.21. The molecule has 0 aromatic heterocycles. The number of rotatable bonds is 6. The van der Waals surface area contributed by atoms with E-state index in [1.807, 2.05) is 6.92 Å². The predicted octanol–water partition coefficient (Wildman–Crippen LogP) is 3.00. The number of carbonyl (C=O) groups is 1. The maximum atomic E-state index is 13.4. The molecule has 0 radical (unpaired) electrons. The topological polar surface area (TPSA) is 20.3 Å². The van der Waals surface area contributed by atoms with Gasteiger partial charge in [-0.05, 0) is 18.1 Å². The first-order chi connectivity index (χ1) is 8.19. The fraction of sp³-hybridized carbons (Fsp3) is 0.462. The Labute approximate surface area is 110 Å². The van der Waals surface area contributed by atoms with Crippen LogP contribution in [0.2, 0.25) is 0 Å². The van der Waals surface area contributed by atoms with Gasteiger partial charge in [0.15, 0.2) is 0 Å². The molecule has 0 aliphatic heterocycles. The first-order valence-corrected chi connectivity index (χ1v) is 6.88. The van der Waals surface area contributed by atoms with E-state index in [0.717, 1.165) is 18.3 Å². The van der Waals surface area contributed by atoms with E-state index >= 15 is 0 Å². The molecule has 0 fully saturated rings. The van der Waals surface area contributed by atoms with E-state index in [1.165, 1.54) is 6.07 Å². The maximum absolute atomic E-state index is 13.4. The van der Waals surface area contributed by atoms with Crippen molar-refractivity contribution in [2.24, 2.45) is 0 Å². The second kappa shape index (κ2) is 7.43. The second-order valence-corrected chi connectivity index (χ2v) is 4.63. The molecule has 0 unspecified atom stereocenters. The number of alkyl halides is 1. The van der Waals surface area contributed by atoms with Gasteiger partial charge in [-0.25, -0.2) is 4.39 Å². The molecule has 1 aromatic rings. The normalized spacial score (nSPS) is 10.3. The van der Waals surface area contributed by atoms with Crippen molar-refractivity contribution < 1.29 is 9.18 Å². The summed E-state index contributed by atoms with van der Waals surface area (Å²) < 4.78 is 13.4. The zero-order chi connectivity index (χ0) is 12.7. The number of carbonyl (C=O) groups excluding carboxylic acids is 1. The molecule has 0 aliphatic rings. The molecule has 0 saturated carbocycles. The Morgan fingerprint density at radius 2 is 2.06 bits per heavy atom. The van der Waals surface area contributed by atoms with Crippen molar-refractivity contribution in [1.82, 2.24) is 4.90 Å². The summed E-state index contributed by atoms with van der Waals surface area (Å²) in [4.78, 5) is 13.7. The third kappa shape index (κ3) is 4.46. The summed E-state index contributed by atoms with van der Waals surface area (Å²) in [5.74, 6) is -0.326. The zero-order valence-corrected chi connectivity index (χ0v) is 11.5. The van der Waals surface area contributed by atoms with Gasteiger partial charge in [-0.3, -0.25) is 4.79 Å². The number of hydrogen-bond donors (Lipinski definition) is 0. The quantitative estimate of drug-likeness (QED) is 0.740. The maximum Gasteiger partial charge on any atom is 0.227 e. The van der Waals surface area contributed by atoms with Crippen molar-refractivity contribution in [1.29, 1.82) is 0 Å². The standard InChI is InChI=1S/C13H17BrFNO/c1-2-8-16(9-7-14)13(17)10-11-5-3-4-6-12(11)15/h3-6H,2,7-10H2,1H3. The van der Waals surface area contributed by atoms with Gasteiger partial charge in [-0.15, -0.1) is 0 Å². The summed E-state index contributed by atoms with van der Waals surface area (Å²) in [5, 5.41) is 0.746. The van der Waals surface area contributed by atoms with Crippen LogP contribution >= 0.6 is 15.9 Å². The molecule has 0 N–H and O–H groups in total. The molecule has 0 atom stereocenters. The Morgan fingerprint density at radius 1 is 1.35 bits per heavy atom. The molecule has 4 heteroatoms. The van der Waals surface area contributed by atoms with Crippen molar-refractivity contribution >= 4 is 21.8 Å². The van der Waals surface area contributed by atoms with Crippen LogP contribution in [0.3, 0.4) is 0 Å². The lowest BCUT2D eigenvalue weighted by atomic mass is 10.1. The molecule has 0 aliphatic carbocycles. The van der Waals surface area contributed by atoms with Crippen LogP contribution in [-0.4, -0.2) is 29.2 Å². The third-order valence-electron chi connectivity index (χ3n) is 2.50. The average molecular weight is 302 g/mol. The lowest BCUT2D eigenvalue weighted by Crippen LogP contribution is -2.34. The van der Waals surface area contributed by atoms with Crippen LogP contribution in [0.5, 0.6) is 0 Å². The fourth-order valence-corrected chi connectivity index (χ4v) is 2.08. The Hall–Kier alpha value is -0.900. The Balaban J connectivity index is 2.66. The van der Waals surface area contributed by atoms with Gasteiger partial charge >= 0.3 is 0 Å². The number of nitrogens with zero attached hydrogens (tertiary/aromatic N) is 1. The molecule has 0 saturated heterocycles. The number of hydrogen-bond acceptors (Lipinski definition) is 1. The van der Waals surface area contributed by atoms with Gasteiger partial charge in [0, 0.05) is 18.4 Å². The van der Waals surface area contributed by atoms with Crippen LogP contribution < -0.4 is 0 Å². The number of halogens is 2. The number of benzene rings is 1. The lowest BCUT2D eigenvalue weighted by molar-refractivity contribution is -0.130. The van der Waals surface area contributed by atoms with E-state index in [9.17, 15) is 9.18 Å². The highest BCUT2D eigenvalue weighted by atomic mass is 79.9. The van der Waals surface area contributed by atoms with E-state index in [-0.39, 0.29) is 18.1 Å². The van der Waals surface area contributed by atoms with Gasteiger partial charge in [-0.1, -0.05) is 41.1 Å². The summed E-state index contributed by atoms with van der Waals surface area (Å²) in [7, 11) is 0. The van der Waals surface area contributed by atoms with Crippen molar-refractivity contribution in [2.75, 3.05) is 18.4 Å². The van der Waals surface area contributed by atoms with Crippen LogP contribution in [-0.2, 0) is 11.2 Å². The van der Waals surface area contributed by atoms with Crippen molar-refractivity contribution in [3.63, 3.8) is 0 Å². The van der Waals surface area contributed by atoms with Crippen molar-refractivity contribution in [3.05, 3.63) is 35.6 Å². The molecule has 0 spiro atoms. The summed E-state index contributed by atoms with van der Waals surface area (Å²) >= 11 is 3.32. The minimum atomic E-state index is -0.309. The summed E-state index contributed by atoms with van der Waals surface area (Å²) in [5.41, 5.74) is 0.466. The van der Waals surface area contributed by atoms with Crippen LogP contribution in [0, 0.1) is 5.82 Å². The minimum Gasteiger partial charge on any atom is -0.342 e. The second-order valence-electron chi connectivity index (χ2n) is 3.84. The Bertz CT molecular complexity index is 364. The molecular formula is C13H17BrFNO. The van der Waals surface area contributed by atoms with Crippen LogP contribution in [0.25, 0.3) is 0 Å². The van der Waals surface area contributed by atoms with Crippen molar-refractivity contribution in [2.45, 2.75) is 19.8 Å². The SMILES string of the molecule is CCCN(CCBr)C(=O)Cc1ccccc1F. The van der Waals surface area contributed by atoms with E-state index in [0.29, 0.717) is 12.1 Å². The van der Waals surface area contributed by atoms with Gasteiger partial charge < -0.3 is 4.90 Å². The van der Waals surface area contributed by atoms with Gasteiger partial charge in [0.05, 0.1) is 6.42 Å². The predicted molar refractivity (Wildman–Crippen MR) is 70.8 cm³/mol. The highest BCUT2D eigenvalue weighted by Crippen LogP contribution is 2.09. The summed E-state index contributed by atoms with van der Waals surface area (Å²) in [6.45, 7) is 3.41. The summed E-state index contributed by atoms with van der Waals surface area (Å²) in [6, 6.07) is 6.43. The average Bonchev–Trinajstić information content (AvgIpc) is 2.32. The first kappa shape index (κ1) is 14.2. The molecule has 17 heavy (non-hydrogen) atoms. The van der Waals surface area contributed by atoms with Crippen LogP contribution in [0.4, 0.5) is 4.39 Å². The Morgan fingerprint density at radius 3 is 2.65 bits per heavy atom. The smallest absolute Gasteiger partial charge is 0.227 e. The van der Waals surface area contributed by atoms with Crippen LogP contribution in [0.15, 0.2) is 24.3 Å². The molecule has 2 nitrogen and oxygen atoms in total. The van der Waals surface area contributed by atoms with Gasteiger partial charge in [0.25, 0.3) is 0 Å². The monoisotopic (exact) mass is 301 g/mol. The van der Waals surface area contributed by atoms with Gasteiger partial charge in [0.1, 0.15) is 5.82 Å². The van der Waals surface area contributed by atoms with Crippen LogP contribution in [0.1, 0.15) is 18.9 Å². The largest absolute Gasteiger partial charge is 0.342 e. The first-order valence-electron chi connectivity index (χ1n) is 5.76. The van der Waals surface area contributed by atoms with E-state index in [4.69, 9.17) is 0 Å². The zero-order valence-electron chi connectivity index (χ0n) is 9.96. The van der Waals surface area contributed by atoms with E-state index in [1.54, 1.807) is 23.1 Å². The fourth-order valence-electron chi connectivity index (χ4n) is 1.65. The molecule has 94 valence electrons. The molecule has 1 amide bonds. The molecular weight excluding hydrogens is 285 g/mol. The molecule has 1 aromatic carbocycles. The third-order valence-corrected chi connectivity index (χ3v) is 2.85. The van der Waals surface area contributed by atoms with E-state index < -0.39 is 0 Å². The van der Waals surface area contributed by atoms with Crippen molar-refractivity contribution in [3.8, 4) is 0 Å². The highest BCUT2D eigenvalue weighted by Gasteiger charge is 2.14. The molecule has 0 heterocycles. The van der Waals surface area contributed by atoms with Gasteiger partial charge in [0.2, 0.25) is 5.91 Å². The van der Waals surface area contributed by atoms with E-state index in [2.05, 4.69) is 15.9 Å². The van der Waals surface area contributed by atoms with Gasteiger partial charge in [-0.2, -0.15) is 0 Å². The Kier molecular flexibility index (Phi) is 6.19.